The summed E-state index contributed by atoms with van der Waals surface area (Å²) in [5.74, 6) is 1.29. The largest absolute Gasteiger partial charge is 0.495 e. The Kier molecular flexibility index (Phi) is 5.90. The third kappa shape index (κ3) is 4.19. The number of hydrogen-bond donors (Lipinski definition) is 0. The molecule has 0 radical (unpaired) electrons. The number of methoxy groups -OCH3 is 2. The summed E-state index contributed by atoms with van der Waals surface area (Å²) in [5, 5.41) is 0.397. The predicted molar refractivity (Wildman–Crippen MR) is 121 cm³/mol. The molecule has 0 fully saturated rings. The van der Waals surface area contributed by atoms with Gasteiger partial charge in [-0.1, -0.05) is 17.4 Å². The molecule has 4 rings (SSSR count). The molecule has 0 unspecified atom stereocenters. The number of carbonyl (C=O) groups excluding carboxylic acids is 1. The fraction of sp³-hybridized carbons (Fsp3) is 0.182. The van der Waals surface area contributed by atoms with E-state index in [9.17, 15) is 13.2 Å². The van der Waals surface area contributed by atoms with Gasteiger partial charge in [0.2, 0.25) is 0 Å². The van der Waals surface area contributed by atoms with Gasteiger partial charge >= 0.3 is 0 Å². The Hall–Kier alpha value is -3.37. The quantitative estimate of drug-likeness (QED) is 0.398. The van der Waals surface area contributed by atoms with Crippen molar-refractivity contribution in [3.63, 3.8) is 0 Å². The SMILES string of the molecule is COc1ccc(OC)c2sc(N(Cc3ccco3)C(=O)c3cccc(S(C)(=O)=O)c3)nc12. The Labute approximate surface area is 188 Å². The van der Waals surface area contributed by atoms with Crippen LogP contribution in [-0.2, 0) is 16.4 Å². The second-order valence-corrected chi connectivity index (χ2v) is 9.91. The lowest BCUT2D eigenvalue weighted by Crippen LogP contribution is -2.30. The number of nitrogens with zero attached hydrogens (tertiary/aromatic N) is 2. The van der Waals surface area contributed by atoms with Crippen LogP contribution in [0.5, 0.6) is 11.5 Å². The van der Waals surface area contributed by atoms with Crippen molar-refractivity contribution >= 4 is 42.4 Å². The van der Waals surface area contributed by atoms with E-state index in [4.69, 9.17) is 13.9 Å². The van der Waals surface area contributed by atoms with Crippen molar-refractivity contribution < 1.29 is 27.1 Å². The summed E-state index contributed by atoms with van der Waals surface area (Å²) in [4.78, 5) is 19.7. The number of thiazole rings is 1. The molecule has 0 aliphatic carbocycles. The molecular formula is C22H20N2O6S2. The maximum Gasteiger partial charge on any atom is 0.260 e. The molecule has 0 saturated carbocycles. The number of hydrogen-bond acceptors (Lipinski definition) is 8. The van der Waals surface area contributed by atoms with Crippen LogP contribution >= 0.6 is 11.3 Å². The van der Waals surface area contributed by atoms with Crippen molar-refractivity contribution in [1.82, 2.24) is 4.98 Å². The summed E-state index contributed by atoms with van der Waals surface area (Å²) in [5.41, 5.74) is 0.784. The zero-order valence-corrected chi connectivity index (χ0v) is 19.2. The second kappa shape index (κ2) is 8.64. The summed E-state index contributed by atoms with van der Waals surface area (Å²) in [6, 6.07) is 12.9. The first-order valence-corrected chi connectivity index (χ1v) is 12.2. The summed E-state index contributed by atoms with van der Waals surface area (Å²) >= 11 is 1.27. The highest BCUT2D eigenvalue weighted by molar-refractivity contribution is 7.90. The van der Waals surface area contributed by atoms with Gasteiger partial charge in [0.1, 0.15) is 27.5 Å². The minimum atomic E-state index is -3.47. The molecule has 2 aromatic heterocycles. The molecule has 0 atom stereocenters. The Morgan fingerprint density at radius 1 is 1.09 bits per heavy atom. The lowest BCUT2D eigenvalue weighted by Gasteiger charge is -2.19. The van der Waals surface area contributed by atoms with Gasteiger partial charge in [-0.3, -0.25) is 9.69 Å². The topological polar surface area (TPSA) is 98.9 Å². The lowest BCUT2D eigenvalue weighted by atomic mass is 10.2. The molecule has 0 N–H and O–H groups in total. The first kappa shape index (κ1) is 21.8. The summed E-state index contributed by atoms with van der Waals surface area (Å²) < 4.78 is 41.0. The lowest BCUT2D eigenvalue weighted by molar-refractivity contribution is 0.0983. The fourth-order valence-corrected chi connectivity index (χ4v) is 4.93. The monoisotopic (exact) mass is 472 g/mol. The van der Waals surface area contributed by atoms with Crippen molar-refractivity contribution in [3.05, 3.63) is 66.1 Å². The van der Waals surface area contributed by atoms with Gasteiger partial charge in [0.25, 0.3) is 5.91 Å². The maximum atomic E-state index is 13.5. The van der Waals surface area contributed by atoms with Crippen LogP contribution in [0, 0.1) is 0 Å². The van der Waals surface area contributed by atoms with Crippen LogP contribution in [0.15, 0.2) is 64.1 Å². The van der Waals surface area contributed by atoms with Crippen LogP contribution in [0.2, 0.25) is 0 Å². The van der Waals surface area contributed by atoms with E-state index in [0.717, 1.165) is 11.0 Å². The summed E-state index contributed by atoms with van der Waals surface area (Å²) in [6.07, 6.45) is 2.62. The standard InChI is InChI=1S/C22H20N2O6S2/c1-28-17-9-10-18(29-2)20-19(17)23-22(31-20)24(13-15-7-5-11-30-15)21(25)14-6-4-8-16(12-14)32(3,26)27/h4-12H,13H2,1-3H3. The number of rotatable bonds is 7. The van der Waals surface area contributed by atoms with E-state index in [1.165, 1.54) is 34.6 Å². The average molecular weight is 473 g/mol. The Balaban J connectivity index is 1.84. The number of aromatic nitrogens is 1. The van der Waals surface area contributed by atoms with Crippen LogP contribution in [0.4, 0.5) is 5.13 Å². The highest BCUT2D eigenvalue weighted by Crippen LogP contribution is 2.40. The Bertz CT molecular complexity index is 1340. The summed E-state index contributed by atoms with van der Waals surface area (Å²) in [6.45, 7) is 0.111. The van der Waals surface area contributed by atoms with Gasteiger partial charge in [-0.05, 0) is 42.5 Å². The van der Waals surface area contributed by atoms with Gasteiger partial charge < -0.3 is 13.9 Å². The molecule has 8 nitrogen and oxygen atoms in total. The second-order valence-electron chi connectivity index (χ2n) is 6.91. The van der Waals surface area contributed by atoms with Crippen LogP contribution in [0.3, 0.4) is 0 Å². The molecule has 0 saturated heterocycles. The molecule has 166 valence electrons. The van der Waals surface area contributed by atoms with Gasteiger partial charge in [-0.25, -0.2) is 13.4 Å². The molecule has 4 aromatic rings. The third-order valence-corrected chi connectivity index (χ3v) is 6.98. The van der Waals surface area contributed by atoms with Crippen molar-refractivity contribution in [3.8, 4) is 11.5 Å². The van der Waals surface area contributed by atoms with E-state index in [1.54, 1.807) is 50.6 Å². The molecule has 2 heterocycles. The fourth-order valence-electron chi connectivity index (χ4n) is 3.19. The van der Waals surface area contributed by atoms with E-state index in [-0.39, 0.29) is 17.0 Å². The van der Waals surface area contributed by atoms with Gasteiger partial charge in [-0.2, -0.15) is 0 Å². The van der Waals surface area contributed by atoms with Gasteiger partial charge in [0.05, 0.1) is 31.9 Å². The van der Waals surface area contributed by atoms with Gasteiger partial charge in [0, 0.05) is 11.8 Å². The number of sulfone groups is 1. The normalized spacial score (nSPS) is 11.5. The zero-order valence-electron chi connectivity index (χ0n) is 17.6. The molecule has 2 aromatic carbocycles. The average Bonchev–Trinajstić information content (AvgIpc) is 3.45. The number of fused-ring (bicyclic) bond motifs is 1. The van der Waals surface area contributed by atoms with Crippen molar-refractivity contribution in [2.24, 2.45) is 0 Å². The summed E-state index contributed by atoms with van der Waals surface area (Å²) in [7, 11) is -0.370. The molecule has 0 aliphatic heterocycles. The predicted octanol–water partition coefficient (Wildman–Crippen LogP) is 4.16. The van der Waals surface area contributed by atoms with Gasteiger partial charge in [0.15, 0.2) is 15.0 Å². The molecule has 10 heteroatoms. The van der Waals surface area contributed by atoms with Gasteiger partial charge in [-0.15, -0.1) is 0 Å². The first-order valence-electron chi connectivity index (χ1n) is 9.47. The number of benzene rings is 2. The number of furan rings is 1. The van der Waals surface area contributed by atoms with Crippen LogP contribution < -0.4 is 14.4 Å². The first-order chi connectivity index (χ1) is 15.3. The molecule has 0 spiro atoms. The van der Waals surface area contributed by atoms with Crippen molar-refractivity contribution in [1.29, 1.82) is 0 Å². The van der Waals surface area contributed by atoms with Crippen LogP contribution in [-0.4, -0.2) is 39.8 Å². The molecular weight excluding hydrogens is 452 g/mol. The van der Waals surface area contributed by atoms with E-state index in [0.29, 0.717) is 27.9 Å². The van der Waals surface area contributed by atoms with Crippen molar-refractivity contribution in [2.45, 2.75) is 11.4 Å². The molecule has 1 amide bonds. The highest BCUT2D eigenvalue weighted by Gasteiger charge is 2.25. The number of ether oxygens (including phenoxy) is 2. The number of anilines is 1. The Morgan fingerprint density at radius 3 is 2.50 bits per heavy atom. The minimum absolute atomic E-state index is 0.0638. The minimum Gasteiger partial charge on any atom is -0.495 e. The zero-order chi connectivity index (χ0) is 22.9. The van der Waals surface area contributed by atoms with E-state index in [2.05, 4.69) is 4.98 Å². The van der Waals surface area contributed by atoms with E-state index >= 15 is 0 Å². The highest BCUT2D eigenvalue weighted by atomic mass is 32.2. The van der Waals surface area contributed by atoms with E-state index in [1.807, 2.05) is 0 Å². The smallest absolute Gasteiger partial charge is 0.260 e. The number of carbonyl (C=O) groups is 1. The maximum absolute atomic E-state index is 13.5. The third-order valence-electron chi connectivity index (χ3n) is 4.78. The number of amides is 1. The van der Waals surface area contributed by atoms with E-state index < -0.39 is 15.7 Å². The Morgan fingerprint density at radius 2 is 1.84 bits per heavy atom. The van der Waals surface area contributed by atoms with Crippen LogP contribution in [0.1, 0.15) is 16.1 Å². The van der Waals surface area contributed by atoms with Crippen LogP contribution in [0.25, 0.3) is 10.2 Å². The van der Waals surface area contributed by atoms with Crippen molar-refractivity contribution in [2.75, 3.05) is 25.4 Å². The molecule has 0 aliphatic rings. The molecule has 32 heavy (non-hydrogen) atoms. The molecule has 0 bridgehead atoms.